The summed E-state index contributed by atoms with van der Waals surface area (Å²) < 4.78 is 0. The Balaban J connectivity index is 0.00000162. The molecule has 18 heavy (non-hydrogen) atoms. The Morgan fingerprint density at radius 1 is 1.28 bits per heavy atom. The molecule has 0 saturated carbocycles. The van der Waals surface area contributed by atoms with E-state index in [0.29, 0.717) is 6.54 Å². The largest absolute Gasteiger partial charge is 0.370 e. The van der Waals surface area contributed by atoms with Gasteiger partial charge in [-0.2, -0.15) is 0 Å². The van der Waals surface area contributed by atoms with Crippen molar-refractivity contribution in [2.75, 3.05) is 13.1 Å². The average molecular weight is 360 g/mol. The van der Waals surface area contributed by atoms with Gasteiger partial charge < -0.3 is 16.4 Å². The highest BCUT2D eigenvalue weighted by molar-refractivity contribution is 14.0. The van der Waals surface area contributed by atoms with Crippen molar-refractivity contribution in [3.63, 3.8) is 0 Å². The number of hydrogen-bond acceptors (Lipinski definition) is 2. The van der Waals surface area contributed by atoms with Gasteiger partial charge in [-0.3, -0.25) is 4.79 Å². The van der Waals surface area contributed by atoms with Crippen molar-refractivity contribution in [3.8, 4) is 0 Å². The lowest BCUT2D eigenvalue weighted by Crippen LogP contribution is -2.38. The maximum atomic E-state index is 11.8. The fraction of sp³-hybridized carbons (Fsp3) is 0.333. The zero-order valence-corrected chi connectivity index (χ0v) is 12.3. The Labute approximate surface area is 123 Å². The number of halogens is 1. The Hall–Kier alpha value is -1.31. The van der Waals surface area contributed by atoms with E-state index >= 15 is 0 Å². The van der Waals surface area contributed by atoms with Gasteiger partial charge in [-0.25, -0.2) is 4.99 Å². The summed E-state index contributed by atoms with van der Waals surface area (Å²) in [5.41, 5.74) is 12.9. The van der Waals surface area contributed by atoms with Crippen molar-refractivity contribution in [1.29, 1.82) is 0 Å². The highest BCUT2D eigenvalue weighted by Gasteiger charge is 2.19. The number of nitrogens with zero attached hydrogens (tertiary/aromatic N) is 2. The van der Waals surface area contributed by atoms with Crippen LogP contribution < -0.4 is 11.5 Å². The number of guanidine groups is 1. The predicted octanol–water partition coefficient (Wildman–Crippen LogP) is 0.463. The van der Waals surface area contributed by atoms with Gasteiger partial charge in [0.2, 0.25) is 5.91 Å². The molecule has 0 spiro atoms. The lowest BCUT2D eigenvalue weighted by Gasteiger charge is -2.28. The van der Waals surface area contributed by atoms with E-state index in [1.54, 1.807) is 4.90 Å². The molecule has 1 aliphatic rings. The summed E-state index contributed by atoms with van der Waals surface area (Å²) in [5, 5.41) is 0. The number of hydrogen-bond donors (Lipinski definition) is 2. The Bertz CT molecular complexity index is 457. The van der Waals surface area contributed by atoms with E-state index in [4.69, 9.17) is 11.5 Å². The van der Waals surface area contributed by atoms with Crippen LogP contribution in [0.1, 0.15) is 11.1 Å². The van der Waals surface area contributed by atoms with Crippen LogP contribution in [-0.2, 0) is 17.8 Å². The van der Waals surface area contributed by atoms with E-state index in [0.717, 1.165) is 13.0 Å². The van der Waals surface area contributed by atoms with Crippen LogP contribution in [-0.4, -0.2) is 29.9 Å². The summed E-state index contributed by atoms with van der Waals surface area (Å²) in [6, 6.07) is 8.17. The van der Waals surface area contributed by atoms with E-state index in [1.165, 1.54) is 11.1 Å². The third kappa shape index (κ3) is 3.59. The van der Waals surface area contributed by atoms with Gasteiger partial charge in [0.15, 0.2) is 5.96 Å². The molecule has 0 fully saturated rings. The lowest BCUT2D eigenvalue weighted by atomic mass is 10.00. The fourth-order valence-corrected chi connectivity index (χ4v) is 1.97. The van der Waals surface area contributed by atoms with Crippen molar-refractivity contribution < 1.29 is 4.79 Å². The molecule has 98 valence electrons. The molecular formula is C12H17IN4O. The van der Waals surface area contributed by atoms with Crippen molar-refractivity contribution in [1.82, 2.24) is 4.90 Å². The molecule has 2 rings (SSSR count). The molecule has 1 aliphatic heterocycles. The maximum absolute atomic E-state index is 11.8. The van der Waals surface area contributed by atoms with E-state index < -0.39 is 0 Å². The molecule has 0 bridgehead atoms. The number of nitrogens with two attached hydrogens (primary N) is 2. The van der Waals surface area contributed by atoms with Gasteiger partial charge in [0.05, 0.1) is 0 Å². The molecule has 0 saturated heterocycles. The Morgan fingerprint density at radius 3 is 2.61 bits per heavy atom. The van der Waals surface area contributed by atoms with Gasteiger partial charge >= 0.3 is 0 Å². The minimum absolute atomic E-state index is 0. The second-order valence-electron chi connectivity index (χ2n) is 4.08. The van der Waals surface area contributed by atoms with Gasteiger partial charge in [-0.15, -0.1) is 24.0 Å². The molecule has 0 aromatic heterocycles. The molecule has 4 N–H and O–H groups in total. The van der Waals surface area contributed by atoms with Crippen LogP contribution in [0, 0.1) is 0 Å². The first-order valence-corrected chi connectivity index (χ1v) is 5.57. The van der Waals surface area contributed by atoms with Crippen LogP contribution in [0.15, 0.2) is 29.3 Å². The summed E-state index contributed by atoms with van der Waals surface area (Å²) >= 11 is 0. The number of amides is 1. The average Bonchev–Trinajstić information content (AvgIpc) is 2.35. The third-order valence-electron chi connectivity index (χ3n) is 2.88. The minimum atomic E-state index is -0.0456. The molecule has 1 heterocycles. The highest BCUT2D eigenvalue weighted by atomic mass is 127. The number of rotatable bonds is 2. The Morgan fingerprint density at radius 2 is 1.94 bits per heavy atom. The van der Waals surface area contributed by atoms with Crippen LogP contribution >= 0.6 is 24.0 Å². The summed E-state index contributed by atoms with van der Waals surface area (Å²) in [6.45, 7) is 1.41. The molecule has 1 aromatic rings. The number of carbonyl (C=O) groups excluding carboxylic acids is 1. The van der Waals surface area contributed by atoms with Crippen LogP contribution in [0.25, 0.3) is 0 Å². The Kier molecular flexibility index (Phi) is 5.39. The molecule has 0 aliphatic carbocycles. The lowest BCUT2D eigenvalue weighted by molar-refractivity contribution is -0.130. The van der Waals surface area contributed by atoms with Crippen LogP contribution in [0.2, 0.25) is 0 Å². The number of fused-ring (bicyclic) bond motifs is 1. The van der Waals surface area contributed by atoms with Crippen molar-refractivity contribution in [3.05, 3.63) is 35.4 Å². The summed E-state index contributed by atoms with van der Waals surface area (Å²) in [5.74, 6) is -0.0799. The van der Waals surface area contributed by atoms with Crippen molar-refractivity contribution in [2.24, 2.45) is 16.5 Å². The second kappa shape index (κ2) is 6.58. The van der Waals surface area contributed by atoms with Gasteiger partial charge in [0.25, 0.3) is 0 Å². The van der Waals surface area contributed by atoms with Gasteiger partial charge in [-0.1, -0.05) is 24.3 Å². The van der Waals surface area contributed by atoms with Crippen LogP contribution in [0.4, 0.5) is 0 Å². The SMILES string of the molecule is I.NC(N)=NCC(=O)N1CCc2ccccc2C1. The highest BCUT2D eigenvalue weighted by Crippen LogP contribution is 2.18. The molecule has 0 radical (unpaired) electrons. The van der Waals surface area contributed by atoms with Gasteiger partial charge in [0, 0.05) is 13.1 Å². The molecule has 1 aromatic carbocycles. The summed E-state index contributed by atoms with van der Waals surface area (Å²) in [7, 11) is 0. The van der Waals surface area contributed by atoms with E-state index in [9.17, 15) is 4.79 Å². The number of carbonyl (C=O) groups is 1. The first-order chi connectivity index (χ1) is 8.16. The van der Waals surface area contributed by atoms with E-state index in [-0.39, 0.29) is 42.4 Å². The van der Waals surface area contributed by atoms with Crippen molar-refractivity contribution >= 4 is 35.8 Å². The maximum Gasteiger partial charge on any atom is 0.244 e. The zero-order valence-electron chi connectivity index (χ0n) is 10.0. The molecular weight excluding hydrogens is 343 g/mol. The number of benzene rings is 1. The molecule has 1 amide bonds. The monoisotopic (exact) mass is 360 g/mol. The van der Waals surface area contributed by atoms with E-state index in [2.05, 4.69) is 17.1 Å². The third-order valence-corrected chi connectivity index (χ3v) is 2.88. The van der Waals surface area contributed by atoms with Gasteiger partial charge in [-0.05, 0) is 17.5 Å². The van der Waals surface area contributed by atoms with Crippen LogP contribution in [0.5, 0.6) is 0 Å². The number of aliphatic imine (C=N–C) groups is 1. The minimum Gasteiger partial charge on any atom is -0.370 e. The predicted molar refractivity (Wildman–Crippen MR) is 81.7 cm³/mol. The normalized spacial score (nSPS) is 13.2. The quantitative estimate of drug-likeness (QED) is 0.457. The zero-order chi connectivity index (χ0) is 12.3. The summed E-state index contributed by atoms with van der Waals surface area (Å²) in [4.78, 5) is 17.3. The van der Waals surface area contributed by atoms with E-state index in [1.807, 2.05) is 12.1 Å². The molecule has 6 heteroatoms. The first kappa shape index (κ1) is 14.7. The molecule has 5 nitrogen and oxygen atoms in total. The van der Waals surface area contributed by atoms with Crippen LogP contribution in [0.3, 0.4) is 0 Å². The van der Waals surface area contributed by atoms with Crippen molar-refractivity contribution in [2.45, 2.75) is 13.0 Å². The topological polar surface area (TPSA) is 84.7 Å². The summed E-state index contributed by atoms with van der Waals surface area (Å²) in [6.07, 6.45) is 0.893. The first-order valence-electron chi connectivity index (χ1n) is 5.57. The van der Waals surface area contributed by atoms with Gasteiger partial charge in [0.1, 0.15) is 6.54 Å². The molecule has 0 atom stereocenters. The smallest absolute Gasteiger partial charge is 0.244 e. The standard InChI is InChI=1S/C12H16N4O.HI/c13-12(14)15-7-11(17)16-6-5-9-3-1-2-4-10(9)8-16;/h1-4H,5-8H2,(H4,13,14,15);1H. The molecule has 0 unspecified atom stereocenters. The fourth-order valence-electron chi connectivity index (χ4n) is 1.97. The second-order valence-corrected chi connectivity index (χ2v) is 4.08.